The van der Waals surface area contributed by atoms with Crippen molar-refractivity contribution in [2.45, 2.75) is 115 Å². The number of benzene rings is 3. The summed E-state index contributed by atoms with van der Waals surface area (Å²) in [7, 11) is 0. The Morgan fingerprint density at radius 2 is 1.34 bits per heavy atom. The molecule has 4 aliphatic rings. The van der Waals surface area contributed by atoms with Crippen LogP contribution in [-0.2, 0) is 52.4 Å². The fourth-order valence-corrected chi connectivity index (χ4v) is 10.6. The van der Waals surface area contributed by atoms with Gasteiger partial charge in [-0.25, -0.2) is 9.59 Å². The molecule has 3 aromatic carbocycles. The molecule has 0 spiro atoms. The third kappa shape index (κ3) is 8.01. The quantitative estimate of drug-likeness (QED) is 0.139. The summed E-state index contributed by atoms with van der Waals surface area (Å²) in [5, 5.41) is 26.8. The average Bonchev–Trinajstić information content (AvgIpc) is 3.26. The lowest BCUT2D eigenvalue weighted by atomic mass is 9.44. The van der Waals surface area contributed by atoms with Crippen LogP contribution in [0.5, 0.6) is 0 Å². The van der Waals surface area contributed by atoms with Crippen LogP contribution in [0, 0.1) is 16.7 Å². The standard InChI is InChI=1S/C49H53NO15/c1-26-33(62-45(59)38(55)37(30-17-11-8-12-18-30)50-43(57)31-19-13-9-14-20-31)24-49(65-29(4)53)42(63-44(58)32-21-15-10-16-22-32)40-47(7,34(54)23-35-48(40,25-60-35)64-28(3)52)41(56)39(61-27(2)51)36(26)46(49,5)6/h8-22,33-35,37-40,42,54-55H,23-25H2,1-7H3,(H,50,57)/t33-,34-,35+,37-,38+,39+,40-,42-,47+,48-,49+/m0/s1. The van der Waals surface area contributed by atoms with Crippen LogP contribution < -0.4 is 5.32 Å². The number of esters is 5. The van der Waals surface area contributed by atoms with Gasteiger partial charge in [0.15, 0.2) is 35.3 Å². The topological polar surface area (TPSA) is 227 Å². The molecular weight excluding hydrogens is 843 g/mol. The predicted octanol–water partition coefficient (Wildman–Crippen LogP) is 4.31. The van der Waals surface area contributed by atoms with Gasteiger partial charge in [0.25, 0.3) is 5.91 Å². The molecule has 344 valence electrons. The van der Waals surface area contributed by atoms with Crippen LogP contribution in [0.15, 0.2) is 102 Å². The number of hydrogen-bond acceptors (Lipinski definition) is 15. The van der Waals surface area contributed by atoms with Crippen molar-refractivity contribution < 1.29 is 72.2 Å². The van der Waals surface area contributed by atoms with Crippen molar-refractivity contribution in [2.75, 3.05) is 6.61 Å². The van der Waals surface area contributed by atoms with Crippen molar-refractivity contribution in [3.8, 4) is 0 Å². The molecule has 16 heteroatoms. The summed E-state index contributed by atoms with van der Waals surface area (Å²) in [6.07, 6.45) is -10.7. The zero-order valence-corrected chi connectivity index (χ0v) is 37.1. The summed E-state index contributed by atoms with van der Waals surface area (Å²) in [5.41, 5.74) is -7.01. The van der Waals surface area contributed by atoms with E-state index in [1.165, 1.54) is 26.0 Å². The molecular formula is C49H53NO15. The molecule has 2 bridgehead atoms. The summed E-state index contributed by atoms with van der Waals surface area (Å²) >= 11 is 0. The van der Waals surface area contributed by atoms with E-state index in [1.54, 1.807) is 92.7 Å². The molecule has 1 amide bonds. The molecule has 1 aliphatic heterocycles. The van der Waals surface area contributed by atoms with Crippen LogP contribution >= 0.6 is 0 Å². The van der Waals surface area contributed by atoms with Gasteiger partial charge in [-0.15, -0.1) is 0 Å². The number of rotatable bonds is 11. The molecule has 16 nitrogen and oxygen atoms in total. The fourth-order valence-electron chi connectivity index (χ4n) is 10.6. The highest BCUT2D eigenvalue weighted by atomic mass is 16.6. The van der Waals surface area contributed by atoms with Crippen molar-refractivity contribution in [3.63, 3.8) is 0 Å². The Morgan fingerprint density at radius 1 is 0.769 bits per heavy atom. The van der Waals surface area contributed by atoms with Gasteiger partial charge in [-0.3, -0.25) is 24.0 Å². The highest BCUT2D eigenvalue weighted by Crippen LogP contribution is 2.65. The van der Waals surface area contributed by atoms with Gasteiger partial charge in [-0.05, 0) is 54.8 Å². The lowest BCUT2D eigenvalue weighted by molar-refractivity contribution is -0.346. The molecule has 1 heterocycles. The minimum atomic E-state index is -2.22. The zero-order valence-electron chi connectivity index (χ0n) is 37.1. The molecule has 3 fully saturated rings. The summed E-state index contributed by atoms with van der Waals surface area (Å²) in [6.45, 7) is 9.10. The highest BCUT2D eigenvalue weighted by molar-refractivity contribution is 5.96. The molecule has 2 saturated carbocycles. The lowest BCUT2D eigenvalue weighted by Crippen LogP contribution is -2.82. The Hall–Kier alpha value is -6.23. The van der Waals surface area contributed by atoms with Crippen LogP contribution in [0.25, 0.3) is 0 Å². The predicted molar refractivity (Wildman–Crippen MR) is 227 cm³/mol. The minimum Gasteiger partial charge on any atom is -0.456 e. The molecule has 0 radical (unpaired) electrons. The van der Waals surface area contributed by atoms with E-state index in [0.717, 1.165) is 20.8 Å². The third-order valence-corrected chi connectivity index (χ3v) is 13.8. The number of carbonyl (C=O) groups excluding carboxylic acids is 7. The van der Waals surface area contributed by atoms with E-state index in [1.807, 2.05) is 0 Å². The second kappa shape index (κ2) is 17.6. The number of hydrogen-bond donors (Lipinski definition) is 3. The first-order valence-corrected chi connectivity index (χ1v) is 21.4. The Morgan fingerprint density at radius 3 is 1.88 bits per heavy atom. The number of aliphatic hydroxyl groups is 2. The zero-order chi connectivity index (χ0) is 47.2. The molecule has 7 rings (SSSR count). The number of Topliss-reactive ketones (excluding diaryl/α,β-unsaturated/α-hetero) is 1. The molecule has 11 atom stereocenters. The molecule has 3 N–H and O–H groups in total. The fraction of sp³-hybridized carbons (Fsp3) is 0.449. The Bertz CT molecular complexity index is 2400. The minimum absolute atomic E-state index is 0.00404. The van der Waals surface area contributed by atoms with Crippen molar-refractivity contribution in [1.82, 2.24) is 5.32 Å². The number of carbonyl (C=O) groups is 7. The number of fused-ring (bicyclic) bond motifs is 5. The van der Waals surface area contributed by atoms with Crippen LogP contribution in [0.3, 0.4) is 0 Å². The van der Waals surface area contributed by atoms with Gasteiger partial charge >= 0.3 is 29.8 Å². The summed E-state index contributed by atoms with van der Waals surface area (Å²) in [6, 6.07) is 22.8. The van der Waals surface area contributed by atoms with E-state index < -0.39 is 119 Å². The Kier molecular flexibility index (Phi) is 12.7. The average molecular weight is 896 g/mol. The van der Waals surface area contributed by atoms with Crippen molar-refractivity contribution >= 4 is 41.5 Å². The van der Waals surface area contributed by atoms with Gasteiger partial charge in [-0.2, -0.15) is 0 Å². The van der Waals surface area contributed by atoms with Gasteiger partial charge in [0.2, 0.25) is 0 Å². The summed E-state index contributed by atoms with van der Waals surface area (Å²) in [5.74, 6) is -7.89. The Labute approximate surface area is 375 Å². The van der Waals surface area contributed by atoms with Crippen molar-refractivity contribution in [3.05, 3.63) is 119 Å². The molecule has 0 unspecified atom stereocenters. The SMILES string of the molecule is CC(=O)O[C@H]1C(=O)[C@@]2(C)[C@H]([C@H](OC(=O)c3ccccc3)[C@]3(OC(C)=O)C[C@H](OC(=O)[C@H](O)[C@@H](NC(=O)c4ccccc4)c4ccccc4)C(C)=C1C3(C)C)[C@]1(OC(C)=O)CO[C@@H]1C[C@@H]2O. The van der Waals surface area contributed by atoms with Crippen LogP contribution in [0.4, 0.5) is 0 Å². The third-order valence-electron chi connectivity index (χ3n) is 13.8. The molecule has 3 aliphatic carbocycles. The van der Waals surface area contributed by atoms with E-state index in [2.05, 4.69) is 5.32 Å². The van der Waals surface area contributed by atoms with E-state index in [-0.39, 0.29) is 35.3 Å². The monoisotopic (exact) mass is 895 g/mol. The van der Waals surface area contributed by atoms with Gasteiger partial charge in [0.05, 0.1) is 35.6 Å². The summed E-state index contributed by atoms with van der Waals surface area (Å²) in [4.78, 5) is 98.2. The van der Waals surface area contributed by atoms with Crippen molar-refractivity contribution in [1.29, 1.82) is 0 Å². The smallest absolute Gasteiger partial charge is 0.338 e. The first-order chi connectivity index (χ1) is 30.7. The maximum Gasteiger partial charge on any atom is 0.338 e. The van der Waals surface area contributed by atoms with Crippen LogP contribution in [0.2, 0.25) is 0 Å². The van der Waals surface area contributed by atoms with E-state index in [0.29, 0.717) is 5.56 Å². The van der Waals surface area contributed by atoms with Gasteiger partial charge in [0, 0.05) is 44.6 Å². The van der Waals surface area contributed by atoms with Crippen molar-refractivity contribution in [2.24, 2.45) is 16.7 Å². The lowest BCUT2D eigenvalue weighted by Gasteiger charge is -2.67. The molecule has 65 heavy (non-hydrogen) atoms. The van der Waals surface area contributed by atoms with E-state index in [9.17, 15) is 39.0 Å². The molecule has 3 aromatic rings. The highest BCUT2D eigenvalue weighted by Gasteiger charge is 2.79. The number of ketones is 1. The molecule has 1 saturated heterocycles. The number of ether oxygens (including phenoxy) is 6. The van der Waals surface area contributed by atoms with E-state index in [4.69, 9.17) is 28.4 Å². The second-order valence-corrected chi connectivity index (χ2v) is 17.9. The maximum atomic E-state index is 15.7. The molecule has 0 aromatic heterocycles. The maximum absolute atomic E-state index is 15.7. The van der Waals surface area contributed by atoms with E-state index >= 15 is 4.79 Å². The number of amides is 1. The van der Waals surface area contributed by atoms with Crippen LogP contribution in [0.1, 0.15) is 93.6 Å². The number of aliphatic hydroxyl groups excluding tert-OH is 2. The normalized spacial score (nSPS) is 30.8. The largest absolute Gasteiger partial charge is 0.456 e. The summed E-state index contributed by atoms with van der Waals surface area (Å²) < 4.78 is 37.3. The van der Waals surface area contributed by atoms with Gasteiger partial charge in [-0.1, -0.05) is 80.6 Å². The number of nitrogens with one attached hydrogen (secondary N) is 1. The first-order valence-electron chi connectivity index (χ1n) is 21.4. The Balaban J connectivity index is 1.44. The first kappa shape index (κ1) is 46.8. The van der Waals surface area contributed by atoms with Crippen LogP contribution in [-0.4, -0.2) is 106 Å². The second-order valence-electron chi connectivity index (χ2n) is 17.9. The van der Waals surface area contributed by atoms with Gasteiger partial charge < -0.3 is 44.0 Å². The van der Waals surface area contributed by atoms with Gasteiger partial charge in [0.1, 0.15) is 12.2 Å².